The van der Waals surface area contributed by atoms with Crippen molar-refractivity contribution in [2.45, 2.75) is 43.9 Å². The number of carbonyl (C=O) groups is 1. The van der Waals surface area contributed by atoms with Gasteiger partial charge in [0, 0.05) is 42.0 Å². The Labute approximate surface area is 170 Å². The van der Waals surface area contributed by atoms with Crippen molar-refractivity contribution in [3.8, 4) is 0 Å². The first-order valence-corrected chi connectivity index (χ1v) is 10.3. The number of ether oxygens (including phenoxy) is 1. The van der Waals surface area contributed by atoms with Crippen LogP contribution in [0.2, 0.25) is 0 Å². The molecule has 1 aromatic rings. The van der Waals surface area contributed by atoms with Gasteiger partial charge < -0.3 is 9.84 Å². The topological polar surface area (TPSA) is 62.7 Å². The highest BCUT2D eigenvalue weighted by Crippen LogP contribution is 2.57. The van der Waals surface area contributed by atoms with E-state index in [-0.39, 0.29) is 13.1 Å². The van der Waals surface area contributed by atoms with Crippen LogP contribution in [0.3, 0.4) is 0 Å². The molecular weight excluding hydrogens is 434 g/mol. The highest BCUT2D eigenvalue weighted by atomic mass is 79.9. The van der Waals surface area contributed by atoms with Gasteiger partial charge in [0.2, 0.25) is 0 Å². The summed E-state index contributed by atoms with van der Waals surface area (Å²) in [6.45, 7) is 3.74. The third kappa shape index (κ3) is 3.00. The summed E-state index contributed by atoms with van der Waals surface area (Å²) in [5, 5.41) is 9.73. The number of alkyl halides is 2. The van der Waals surface area contributed by atoms with Crippen molar-refractivity contribution in [2.75, 3.05) is 13.1 Å². The molecule has 5 atom stereocenters. The van der Waals surface area contributed by atoms with E-state index in [0.29, 0.717) is 5.69 Å². The van der Waals surface area contributed by atoms with E-state index in [2.05, 4.69) is 20.9 Å². The fourth-order valence-corrected chi connectivity index (χ4v) is 5.25. The predicted octanol–water partition coefficient (Wildman–Crippen LogP) is 3.13. The van der Waals surface area contributed by atoms with Crippen LogP contribution in [-0.4, -0.2) is 57.7 Å². The molecule has 1 N–H and O–H groups in total. The van der Waals surface area contributed by atoms with Crippen LogP contribution in [0.1, 0.15) is 26.0 Å². The summed E-state index contributed by atoms with van der Waals surface area (Å²) in [5.41, 5.74) is -0.733. The molecule has 1 aromatic heterocycles. The average Bonchev–Trinajstić information content (AvgIpc) is 2.84. The third-order valence-corrected chi connectivity index (χ3v) is 7.00. The van der Waals surface area contributed by atoms with Gasteiger partial charge in [0.25, 0.3) is 5.92 Å². The fraction of sp³-hybridized carbons (Fsp3) is 0.600. The molecule has 3 fully saturated rings. The number of cyclic esters (lactones) is 1. The van der Waals surface area contributed by atoms with Gasteiger partial charge >= 0.3 is 5.97 Å². The lowest BCUT2D eigenvalue weighted by Gasteiger charge is -2.55. The number of hydrogen-bond donors (Lipinski definition) is 1. The maximum Gasteiger partial charge on any atom is 0.327 e. The number of rotatable bonds is 3. The molecule has 28 heavy (non-hydrogen) atoms. The second-order valence-electron chi connectivity index (χ2n) is 8.18. The van der Waals surface area contributed by atoms with Gasteiger partial charge in [-0.25, -0.2) is 8.78 Å². The zero-order valence-corrected chi connectivity index (χ0v) is 17.3. The smallest absolute Gasteiger partial charge is 0.327 e. The van der Waals surface area contributed by atoms with Crippen molar-refractivity contribution in [3.63, 3.8) is 0 Å². The first-order valence-electron chi connectivity index (χ1n) is 9.47. The highest BCUT2D eigenvalue weighted by molar-refractivity contribution is 9.10. The molecule has 0 radical (unpaired) electrons. The summed E-state index contributed by atoms with van der Waals surface area (Å²) in [6.07, 6.45) is 3.50. The SMILES string of the molecule is C[C@H]1OC(=O)[C@]2(N3CC(O)C3)CC(F)(F)[C@@H](C)[C@H](/C=C/c3ccc(Br)cn3)[C@H]12. The molecule has 1 saturated carbocycles. The summed E-state index contributed by atoms with van der Waals surface area (Å²) < 4.78 is 36.5. The maximum atomic E-state index is 15.1. The quantitative estimate of drug-likeness (QED) is 0.707. The Morgan fingerprint density at radius 1 is 1.36 bits per heavy atom. The Kier molecular flexibility index (Phi) is 4.87. The summed E-state index contributed by atoms with van der Waals surface area (Å²) in [6, 6.07) is 3.63. The van der Waals surface area contributed by atoms with Crippen molar-refractivity contribution in [1.29, 1.82) is 0 Å². The van der Waals surface area contributed by atoms with Crippen molar-refractivity contribution in [3.05, 3.63) is 34.6 Å². The van der Waals surface area contributed by atoms with Gasteiger partial charge in [0.15, 0.2) is 0 Å². The number of nitrogens with zero attached hydrogens (tertiary/aromatic N) is 2. The number of aliphatic hydroxyl groups excluding tert-OH is 1. The molecule has 8 heteroatoms. The van der Waals surface area contributed by atoms with Crippen LogP contribution in [0.15, 0.2) is 28.9 Å². The standard InChI is InChI=1S/C20H23BrF2N2O3/c1-11-16(6-5-14-4-3-13(21)7-24-14)17-12(2)28-18(27)19(17,10-20(11,22)23)25-8-15(26)9-25/h3-7,11-12,15-17,26H,8-10H2,1-2H3/b6-5+/t11-,12+,16-,17-,19-/m0/s1. The fourth-order valence-electron chi connectivity index (χ4n) is 5.02. The lowest BCUT2D eigenvalue weighted by Crippen LogP contribution is -2.72. The third-order valence-electron chi connectivity index (χ3n) is 6.53. The van der Waals surface area contributed by atoms with Gasteiger partial charge in [-0.05, 0) is 47.0 Å². The number of likely N-dealkylation sites (tertiary alicyclic amines) is 1. The number of allylic oxidation sites excluding steroid dienone is 1. The van der Waals surface area contributed by atoms with Crippen molar-refractivity contribution >= 4 is 28.0 Å². The number of β-amino-alcohol motifs (C(OH)–C–C–N with tert-alkyl or cyclic N) is 1. The Hall–Kier alpha value is -1.38. The van der Waals surface area contributed by atoms with Crippen LogP contribution in [0.25, 0.3) is 6.08 Å². The first-order chi connectivity index (χ1) is 13.1. The van der Waals surface area contributed by atoms with E-state index in [1.54, 1.807) is 36.2 Å². The zero-order valence-electron chi connectivity index (χ0n) is 15.7. The summed E-state index contributed by atoms with van der Waals surface area (Å²) in [4.78, 5) is 18.8. The summed E-state index contributed by atoms with van der Waals surface area (Å²) in [7, 11) is 0. The summed E-state index contributed by atoms with van der Waals surface area (Å²) >= 11 is 3.33. The van der Waals surface area contributed by atoms with Crippen molar-refractivity contribution in [2.24, 2.45) is 17.8 Å². The van der Waals surface area contributed by atoms with E-state index in [9.17, 15) is 9.90 Å². The zero-order chi connectivity index (χ0) is 20.3. The first kappa shape index (κ1) is 19.9. The normalized spacial score (nSPS) is 38.3. The lowest BCUT2D eigenvalue weighted by molar-refractivity contribution is -0.195. The Morgan fingerprint density at radius 3 is 2.68 bits per heavy atom. The molecule has 1 aliphatic carbocycles. The molecule has 0 bridgehead atoms. The number of carbonyl (C=O) groups excluding carboxylic acids is 1. The van der Waals surface area contributed by atoms with Gasteiger partial charge in [-0.2, -0.15) is 0 Å². The van der Waals surface area contributed by atoms with Crippen LogP contribution in [0.4, 0.5) is 8.78 Å². The molecule has 152 valence electrons. The molecule has 3 aliphatic rings. The molecule has 0 amide bonds. The Balaban J connectivity index is 1.73. The number of hydrogen-bond acceptors (Lipinski definition) is 5. The van der Waals surface area contributed by atoms with E-state index < -0.39 is 53.8 Å². The maximum absolute atomic E-state index is 15.1. The predicted molar refractivity (Wildman–Crippen MR) is 103 cm³/mol. The van der Waals surface area contributed by atoms with Gasteiger partial charge in [-0.15, -0.1) is 0 Å². The van der Waals surface area contributed by atoms with E-state index in [4.69, 9.17) is 4.74 Å². The molecule has 0 unspecified atom stereocenters. The van der Waals surface area contributed by atoms with Crippen molar-refractivity contribution < 1.29 is 23.4 Å². The molecule has 4 rings (SSSR count). The minimum Gasteiger partial charge on any atom is -0.461 e. The lowest BCUT2D eigenvalue weighted by atomic mass is 9.59. The number of pyridine rings is 1. The molecular formula is C20H23BrF2N2O3. The van der Waals surface area contributed by atoms with Crippen LogP contribution >= 0.6 is 15.9 Å². The van der Waals surface area contributed by atoms with Crippen LogP contribution < -0.4 is 0 Å². The van der Waals surface area contributed by atoms with E-state index in [0.717, 1.165) is 4.47 Å². The van der Waals surface area contributed by atoms with Gasteiger partial charge in [0.1, 0.15) is 11.6 Å². The number of aliphatic hydroxyl groups is 1. The minimum atomic E-state index is -3.03. The molecule has 5 nitrogen and oxygen atoms in total. The van der Waals surface area contributed by atoms with Gasteiger partial charge in [0.05, 0.1) is 11.8 Å². The van der Waals surface area contributed by atoms with Crippen LogP contribution in [0, 0.1) is 17.8 Å². The van der Waals surface area contributed by atoms with E-state index in [1.807, 2.05) is 6.07 Å². The number of halogens is 3. The minimum absolute atomic E-state index is 0.216. The van der Waals surface area contributed by atoms with Gasteiger partial charge in [-0.3, -0.25) is 14.7 Å². The monoisotopic (exact) mass is 456 g/mol. The number of aromatic nitrogens is 1. The van der Waals surface area contributed by atoms with Crippen LogP contribution in [-0.2, 0) is 9.53 Å². The second-order valence-corrected chi connectivity index (χ2v) is 9.10. The Morgan fingerprint density at radius 2 is 2.07 bits per heavy atom. The molecule has 3 heterocycles. The largest absolute Gasteiger partial charge is 0.461 e. The van der Waals surface area contributed by atoms with E-state index >= 15 is 8.78 Å². The van der Waals surface area contributed by atoms with Crippen LogP contribution in [0.5, 0.6) is 0 Å². The molecule has 2 aliphatic heterocycles. The second kappa shape index (κ2) is 6.85. The number of fused-ring (bicyclic) bond motifs is 1. The summed E-state index contributed by atoms with van der Waals surface area (Å²) in [5.74, 6) is -5.53. The van der Waals surface area contributed by atoms with Crippen molar-refractivity contribution in [1.82, 2.24) is 9.88 Å². The van der Waals surface area contributed by atoms with Gasteiger partial charge in [-0.1, -0.05) is 13.0 Å². The highest BCUT2D eigenvalue weighted by Gasteiger charge is 2.71. The Bertz CT molecular complexity index is 797. The molecule has 0 aromatic carbocycles. The average molecular weight is 457 g/mol. The number of esters is 1. The van der Waals surface area contributed by atoms with E-state index in [1.165, 1.54) is 6.92 Å². The molecule has 2 saturated heterocycles. The molecule has 0 spiro atoms.